The number of benzene rings is 3. The Labute approximate surface area is 220 Å². The lowest BCUT2D eigenvalue weighted by Gasteiger charge is -2.46. The summed E-state index contributed by atoms with van der Waals surface area (Å²) in [6.07, 6.45) is -0.328. The van der Waals surface area contributed by atoms with Crippen LogP contribution in [0.5, 0.6) is 5.75 Å². The third-order valence-corrected chi connectivity index (χ3v) is 8.03. The predicted octanol–water partition coefficient (Wildman–Crippen LogP) is 5.47. The monoisotopic (exact) mass is 598 g/mol. The molecule has 0 aliphatic carbocycles. The van der Waals surface area contributed by atoms with Crippen molar-refractivity contribution >= 4 is 38.0 Å². The summed E-state index contributed by atoms with van der Waals surface area (Å²) in [6.45, 7) is 4.34. The molecule has 0 atom stereocenters. The van der Waals surface area contributed by atoms with Gasteiger partial charge in [-0.05, 0) is 58.7 Å². The second-order valence-electron chi connectivity index (χ2n) is 9.31. The summed E-state index contributed by atoms with van der Waals surface area (Å²) in [6, 6.07) is 21.7. The van der Waals surface area contributed by atoms with Crippen molar-refractivity contribution in [1.82, 2.24) is 10.2 Å². The summed E-state index contributed by atoms with van der Waals surface area (Å²) in [5.74, 6) is 0.560. The number of fused-ring (bicyclic) bond motifs is 4. The van der Waals surface area contributed by atoms with Gasteiger partial charge < -0.3 is 24.4 Å². The Morgan fingerprint density at radius 2 is 1.40 bits per heavy atom. The molecule has 4 aliphatic heterocycles. The van der Waals surface area contributed by atoms with E-state index in [1.54, 1.807) is 17.0 Å². The average molecular weight is 600 g/mol. The lowest BCUT2D eigenvalue weighted by molar-refractivity contribution is -0.128. The molecule has 2 saturated heterocycles. The maximum atomic E-state index is 12.1. The quantitative estimate of drug-likeness (QED) is 0.402. The lowest BCUT2D eigenvalue weighted by Crippen LogP contribution is -2.61. The third-order valence-electron chi connectivity index (χ3n) is 7.04. The van der Waals surface area contributed by atoms with Crippen LogP contribution in [0.3, 0.4) is 0 Å². The molecule has 8 heteroatoms. The summed E-state index contributed by atoms with van der Waals surface area (Å²) in [5, 5.41) is 3.26. The molecule has 0 unspecified atom stereocenters. The van der Waals surface area contributed by atoms with E-state index in [4.69, 9.17) is 14.2 Å². The van der Waals surface area contributed by atoms with E-state index in [1.165, 1.54) is 22.3 Å². The van der Waals surface area contributed by atoms with Gasteiger partial charge in [0, 0.05) is 22.0 Å². The first kappa shape index (κ1) is 23.2. The molecule has 0 saturated carbocycles. The Balaban J connectivity index is 0.000000149. The molecule has 0 aromatic heterocycles. The molecule has 7 rings (SSSR count). The van der Waals surface area contributed by atoms with Crippen molar-refractivity contribution in [3.8, 4) is 5.75 Å². The first-order valence-corrected chi connectivity index (χ1v) is 13.1. The van der Waals surface area contributed by atoms with Gasteiger partial charge in [-0.3, -0.25) is 0 Å². The van der Waals surface area contributed by atoms with Crippen LogP contribution in [0.15, 0.2) is 75.7 Å². The summed E-state index contributed by atoms with van der Waals surface area (Å²) in [4.78, 5) is 13.8. The molecule has 180 valence electrons. The number of halogens is 2. The van der Waals surface area contributed by atoms with Crippen LogP contribution in [-0.2, 0) is 33.9 Å². The van der Waals surface area contributed by atoms with Gasteiger partial charge in [-0.1, -0.05) is 62.2 Å². The molecule has 3 aromatic carbocycles. The molecular weight excluding hydrogens is 576 g/mol. The zero-order valence-electron chi connectivity index (χ0n) is 18.9. The second-order valence-corrected chi connectivity index (χ2v) is 11.1. The molecule has 2 spiro atoms. The van der Waals surface area contributed by atoms with Crippen molar-refractivity contribution in [2.24, 2.45) is 0 Å². The van der Waals surface area contributed by atoms with E-state index < -0.39 is 0 Å². The van der Waals surface area contributed by atoms with E-state index in [9.17, 15) is 4.79 Å². The maximum absolute atomic E-state index is 12.1. The fourth-order valence-electron chi connectivity index (χ4n) is 5.10. The number of rotatable bonds is 1. The summed E-state index contributed by atoms with van der Waals surface area (Å²) >= 11 is 6.95. The highest BCUT2D eigenvalue weighted by Crippen LogP contribution is 2.44. The number of carbonyl (C=O) groups is 1. The number of hydrogen-bond acceptors (Lipinski definition) is 5. The maximum Gasteiger partial charge on any atom is 0.415 e. The summed E-state index contributed by atoms with van der Waals surface area (Å²) in [5.41, 5.74) is 4.72. The minimum Gasteiger partial charge on any atom is -0.410 e. The highest BCUT2D eigenvalue weighted by Gasteiger charge is 2.52. The van der Waals surface area contributed by atoms with Gasteiger partial charge in [0.2, 0.25) is 0 Å². The lowest BCUT2D eigenvalue weighted by atomic mass is 9.86. The van der Waals surface area contributed by atoms with Gasteiger partial charge in [0.25, 0.3) is 0 Å². The largest absolute Gasteiger partial charge is 0.415 e. The van der Waals surface area contributed by atoms with E-state index in [-0.39, 0.29) is 17.3 Å². The third kappa shape index (κ3) is 4.21. The minimum absolute atomic E-state index is 0.00995. The van der Waals surface area contributed by atoms with E-state index in [2.05, 4.69) is 67.5 Å². The van der Waals surface area contributed by atoms with Crippen LogP contribution in [-0.4, -0.2) is 37.2 Å². The minimum atomic E-state index is -0.355. The van der Waals surface area contributed by atoms with E-state index in [1.807, 2.05) is 24.3 Å². The highest BCUT2D eigenvalue weighted by molar-refractivity contribution is 9.10. The molecular formula is C27H24Br2N2O4. The van der Waals surface area contributed by atoms with Crippen LogP contribution in [0.25, 0.3) is 0 Å². The van der Waals surface area contributed by atoms with E-state index >= 15 is 0 Å². The molecule has 4 heterocycles. The zero-order valence-corrected chi connectivity index (χ0v) is 22.1. The number of hydrogen-bond donors (Lipinski definition) is 1. The Bertz CT molecular complexity index is 1270. The van der Waals surface area contributed by atoms with Crippen LogP contribution in [0.4, 0.5) is 4.79 Å². The second kappa shape index (κ2) is 9.01. The Morgan fingerprint density at radius 3 is 1.97 bits per heavy atom. The van der Waals surface area contributed by atoms with Crippen LogP contribution in [0.2, 0.25) is 0 Å². The van der Waals surface area contributed by atoms with Crippen molar-refractivity contribution < 1.29 is 19.0 Å². The highest BCUT2D eigenvalue weighted by atomic mass is 79.9. The number of amides is 1. The smallest absolute Gasteiger partial charge is 0.410 e. The molecule has 35 heavy (non-hydrogen) atoms. The molecule has 6 nitrogen and oxygen atoms in total. The first-order chi connectivity index (χ1) is 17.0. The summed E-state index contributed by atoms with van der Waals surface area (Å²) in [7, 11) is 0. The van der Waals surface area contributed by atoms with Crippen molar-refractivity contribution in [3.05, 3.63) is 97.9 Å². The summed E-state index contributed by atoms with van der Waals surface area (Å²) < 4.78 is 19.3. The number of ether oxygens (including phenoxy) is 3. The molecule has 0 radical (unpaired) electrons. The Kier molecular flexibility index (Phi) is 5.97. The van der Waals surface area contributed by atoms with Crippen LogP contribution in [0.1, 0.15) is 22.3 Å². The molecule has 1 amide bonds. The number of nitrogens with zero attached hydrogens (tertiary/aromatic N) is 1. The Morgan fingerprint density at radius 1 is 0.829 bits per heavy atom. The predicted molar refractivity (Wildman–Crippen MR) is 138 cm³/mol. The van der Waals surface area contributed by atoms with Gasteiger partial charge in [-0.2, -0.15) is 0 Å². The van der Waals surface area contributed by atoms with Crippen molar-refractivity contribution in [2.45, 2.75) is 24.4 Å². The van der Waals surface area contributed by atoms with Crippen LogP contribution < -0.4 is 10.1 Å². The molecule has 2 fully saturated rings. The number of para-hydroxylation sites is 1. The normalized spacial score (nSPS) is 19.8. The van der Waals surface area contributed by atoms with Gasteiger partial charge in [0.1, 0.15) is 17.0 Å². The van der Waals surface area contributed by atoms with Crippen LogP contribution in [0, 0.1) is 0 Å². The zero-order chi connectivity index (χ0) is 24.0. The average Bonchev–Trinajstić information content (AvgIpc) is 3.37. The molecule has 4 aliphatic rings. The molecule has 0 bridgehead atoms. The van der Waals surface area contributed by atoms with Gasteiger partial charge in [0.15, 0.2) is 0 Å². The van der Waals surface area contributed by atoms with E-state index in [0.29, 0.717) is 25.4 Å². The fourth-order valence-corrected chi connectivity index (χ4v) is 5.92. The number of carbonyl (C=O) groups excluding carboxylic acids is 1. The van der Waals surface area contributed by atoms with Gasteiger partial charge in [0.05, 0.1) is 26.3 Å². The van der Waals surface area contributed by atoms with Crippen molar-refractivity contribution in [2.75, 3.05) is 26.2 Å². The number of nitrogens with one attached hydrogen (secondary N) is 1. The fraction of sp³-hybridized carbons (Fsp3) is 0.296. The topological polar surface area (TPSA) is 60.0 Å². The molecule has 1 N–H and O–H groups in total. The van der Waals surface area contributed by atoms with Gasteiger partial charge >= 0.3 is 6.09 Å². The van der Waals surface area contributed by atoms with Crippen molar-refractivity contribution in [3.63, 3.8) is 0 Å². The van der Waals surface area contributed by atoms with Crippen LogP contribution >= 0.6 is 31.9 Å². The van der Waals surface area contributed by atoms with Gasteiger partial charge in [-0.15, -0.1) is 0 Å². The number of likely N-dealkylation sites (tertiary alicyclic amines) is 1. The van der Waals surface area contributed by atoms with E-state index in [0.717, 1.165) is 28.6 Å². The van der Waals surface area contributed by atoms with Gasteiger partial charge in [-0.25, -0.2) is 4.79 Å². The Hall–Kier alpha value is -2.23. The SMILES string of the molecule is Brc1ccc2c(c1)COC21CNC1.O=C(Oc1ccccc1)N1CC2(C1)OCc1cc(Br)ccc12. The standard InChI is InChI=1S/C17H14BrNO3.C10H10BrNO/c18-13-6-7-15-12(8-13)9-21-17(15)10-19(11-17)16(20)22-14-4-2-1-3-5-14;11-8-1-2-9-7(3-8)4-13-10(9)5-12-6-10/h1-8H,9-11H2;1-3,12H,4-6H2. The first-order valence-electron chi connectivity index (χ1n) is 11.5. The molecule has 3 aromatic rings. The van der Waals surface area contributed by atoms with Crippen molar-refractivity contribution in [1.29, 1.82) is 0 Å².